The second kappa shape index (κ2) is 8.40. The zero-order valence-corrected chi connectivity index (χ0v) is 19.4. The summed E-state index contributed by atoms with van der Waals surface area (Å²) in [5, 5.41) is 2.23. The number of nitrogens with one attached hydrogen (secondary N) is 1. The highest BCUT2D eigenvalue weighted by molar-refractivity contribution is 9.10. The molecule has 32 heavy (non-hydrogen) atoms. The molecule has 162 valence electrons. The predicted octanol–water partition coefficient (Wildman–Crippen LogP) is 4.97. The first-order valence-electron chi connectivity index (χ1n) is 9.49. The molecule has 2 amide bonds. The summed E-state index contributed by atoms with van der Waals surface area (Å²) < 4.78 is 31.2. The molecule has 0 radical (unpaired) electrons. The molecule has 1 saturated heterocycles. The molecular formula is C23H16BrF2N3O2S. The maximum Gasteiger partial charge on any atom is 0.270 e. The SMILES string of the molecule is Cc1cc(/C=C2\C(=O)NC(=S)N(c3ccccc3F)C2=O)c(C)n1-c1ccc(Br)cc1F. The second-order valence-electron chi connectivity index (χ2n) is 7.17. The number of carbonyl (C=O) groups is 2. The van der Waals surface area contributed by atoms with Crippen LogP contribution in [0.5, 0.6) is 0 Å². The van der Waals surface area contributed by atoms with E-state index in [9.17, 15) is 18.4 Å². The van der Waals surface area contributed by atoms with E-state index in [4.69, 9.17) is 12.2 Å². The minimum absolute atomic E-state index is 0.0594. The van der Waals surface area contributed by atoms with E-state index in [1.54, 1.807) is 42.7 Å². The van der Waals surface area contributed by atoms with Gasteiger partial charge in [-0.1, -0.05) is 28.1 Å². The van der Waals surface area contributed by atoms with E-state index >= 15 is 0 Å². The lowest BCUT2D eigenvalue weighted by molar-refractivity contribution is -0.122. The van der Waals surface area contributed by atoms with Crippen molar-refractivity contribution >= 4 is 56.8 Å². The Labute approximate surface area is 196 Å². The van der Waals surface area contributed by atoms with Gasteiger partial charge in [0.05, 0.1) is 11.4 Å². The summed E-state index contributed by atoms with van der Waals surface area (Å²) in [5.74, 6) is -2.51. The Morgan fingerprint density at radius 1 is 1.00 bits per heavy atom. The molecule has 4 rings (SSSR count). The summed E-state index contributed by atoms with van der Waals surface area (Å²) in [5.41, 5.74) is 1.95. The predicted molar refractivity (Wildman–Crippen MR) is 126 cm³/mol. The molecule has 0 bridgehead atoms. The third-order valence-corrected chi connectivity index (χ3v) is 5.89. The minimum Gasteiger partial charge on any atom is -0.315 e. The Kier molecular flexibility index (Phi) is 5.79. The Hall–Kier alpha value is -3.17. The van der Waals surface area contributed by atoms with Gasteiger partial charge in [0.2, 0.25) is 0 Å². The zero-order chi connectivity index (χ0) is 23.2. The molecule has 2 heterocycles. The fourth-order valence-corrected chi connectivity index (χ4v) is 4.24. The number of rotatable bonds is 3. The lowest BCUT2D eigenvalue weighted by Gasteiger charge is -2.29. The smallest absolute Gasteiger partial charge is 0.270 e. The lowest BCUT2D eigenvalue weighted by atomic mass is 10.1. The van der Waals surface area contributed by atoms with Crippen molar-refractivity contribution in [2.75, 3.05) is 4.90 Å². The summed E-state index contributed by atoms with van der Waals surface area (Å²) in [6, 6.07) is 12.1. The number of para-hydroxylation sites is 1. The fourth-order valence-electron chi connectivity index (χ4n) is 3.63. The van der Waals surface area contributed by atoms with Gasteiger partial charge in [0, 0.05) is 15.9 Å². The molecule has 1 N–H and O–H groups in total. The topological polar surface area (TPSA) is 54.3 Å². The number of hydrogen-bond acceptors (Lipinski definition) is 3. The van der Waals surface area contributed by atoms with E-state index in [1.165, 1.54) is 30.3 Å². The van der Waals surface area contributed by atoms with Crippen molar-refractivity contribution < 1.29 is 18.4 Å². The number of carbonyl (C=O) groups excluding carboxylic acids is 2. The first-order valence-corrected chi connectivity index (χ1v) is 10.7. The first-order chi connectivity index (χ1) is 15.2. The molecular weight excluding hydrogens is 500 g/mol. The van der Waals surface area contributed by atoms with Gasteiger partial charge in [0.15, 0.2) is 5.11 Å². The molecule has 5 nitrogen and oxygen atoms in total. The monoisotopic (exact) mass is 515 g/mol. The van der Waals surface area contributed by atoms with Crippen LogP contribution in [0.25, 0.3) is 11.8 Å². The van der Waals surface area contributed by atoms with Gasteiger partial charge in [0.1, 0.15) is 17.2 Å². The average molecular weight is 516 g/mol. The van der Waals surface area contributed by atoms with Gasteiger partial charge in [-0.3, -0.25) is 14.9 Å². The Bertz CT molecular complexity index is 1330. The Morgan fingerprint density at radius 3 is 2.41 bits per heavy atom. The normalized spacial score (nSPS) is 15.5. The highest BCUT2D eigenvalue weighted by atomic mass is 79.9. The third kappa shape index (κ3) is 3.78. The maximum atomic E-state index is 14.6. The van der Waals surface area contributed by atoms with Crippen LogP contribution in [0.2, 0.25) is 0 Å². The fraction of sp³-hybridized carbons (Fsp3) is 0.0870. The van der Waals surface area contributed by atoms with Crippen molar-refractivity contribution in [1.29, 1.82) is 0 Å². The van der Waals surface area contributed by atoms with Gasteiger partial charge in [-0.05, 0) is 74.1 Å². The maximum absolute atomic E-state index is 14.6. The van der Waals surface area contributed by atoms with Gasteiger partial charge < -0.3 is 4.57 Å². The molecule has 0 atom stereocenters. The van der Waals surface area contributed by atoms with E-state index in [1.807, 2.05) is 0 Å². The van der Waals surface area contributed by atoms with Crippen molar-refractivity contribution in [2.24, 2.45) is 0 Å². The molecule has 1 aromatic heterocycles. The van der Waals surface area contributed by atoms with Crippen molar-refractivity contribution in [1.82, 2.24) is 9.88 Å². The summed E-state index contributed by atoms with van der Waals surface area (Å²) >= 11 is 8.35. The lowest BCUT2D eigenvalue weighted by Crippen LogP contribution is -2.54. The summed E-state index contributed by atoms with van der Waals surface area (Å²) in [4.78, 5) is 26.7. The number of thiocarbonyl (C=S) groups is 1. The zero-order valence-electron chi connectivity index (χ0n) is 16.9. The van der Waals surface area contributed by atoms with Crippen molar-refractivity contribution in [2.45, 2.75) is 13.8 Å². The number of halogens is 3. The van der Waals surface area contributed by atoms with Crippen molar-refractivity contribution in [3.63, 3.8) is 0 Å². The van der Waals surface area contributed by atoms with E-state index in [0.29, 0.717) is 27.1 Å². The molecule has 0 spiro atoms. The van der Waals surface area contributed by atoms with Crippen LogP contribution in [-0.2, 0) is 9.59 Å². The first kappa shape index (κ1) is 22.0. The molecule has 0 saturated carbocycles. The van der Waals surface area contributed by atoms with Gasteiger partial charge >= 0.3 is 0 Å². The summed E-state index contributed by atoms with van der Waals surface area (Å²) in [6.45, 7) is 3.55. The van der Waals surface area contributed by atoms with E-state index < -0.39 is 23.4 Å². The number of anilines is 1. The number of aromatic nitrogens is 1. The molecule has 9 heteroatoms. The van der Waals surface area contributed by atoms with Crippen LogP contribution in [0.3, 0.4) is 0 Å². The minimum atomic E-state index is -0.747. The van der Waals surface area contributed by atoms with Crippen LogP contribution >= 0.6 is 28.1 Å². The number of hydrogen-bond donors (Lipinski definition) is 1. The average Bonchev–Trinajstić information content (AvgIpc) is 3.00. The summed E-state index contributed by atoms with van der Waals surface area (Å²) in [7, 11) is 0. The van der Waals surface area contributed by atoms with E-state index in [0.717, 1.165) is 4.90 Å². The molecule has 1 aliphatic rings. The van der Waals surface area contributed by atoms with Crippen LogP contribution in [0.4, 0.5) is 14.5 Å². The van der Waals surface area contributed by atoms with Gasteiger partial charge in [-0.2, -0.15) is 0 Å². The molecule has 0 aliphatic carbocycles. The quantitative estimate of drug-likeness (QED) is 0.304. The number of benzene rings is 2. The van der Waals surface area contributed by atoms with Crippen molar-refractivity contribution in [3.05, 3.63) is 87.2 Å². The highest BCUT2D eigenvalue weighted by Crippen LogP contribution is 2.28. The highest BCUT2D eigenvalue weighted by Gasteiger charge is 2.36. The molecule has 1 aliphatic heterocycles. The van der Waals surface area contributed by atoms with Gasteiger partial charge in [-0.15, -0.1) is 0 Å². The third-order valence-electron chi connectivity index (χ3n) is 5.12. The van der Waals surface area contributed by atoms with Gasteiger partial charge in [0.25, 0.3) is 11.8 Å². The Morgan fingerprint density at radius 2 is 1.72 bits per heavy atom. The number of amides is 2. The standard InChI is InChI=1S/C23H16BrF2N3O2S/c1-12-9-14(13(2)28(12)20-8-7-15(24)11-18(20)26)10-16-21(30)27-23(32)29(22(16)31)19-6-4-3-5-17(19)25/h3-11H,1-2H3,(H,27,30,32)/b16-10+. The van der Waals surface area contributed by atoms with Crippen LogP contribution in [0.1, 0.15) is 17.0 Å². The molecule has 1 fully saturated rings. The Balaban J connectivity index is 1.80. The second-order valence-corrected chi connectivity index (χ2v) is 8.47. The largest absolute Gasteiger partial charge is 0.315 e. The van der Waals surface area contributed by atoms with Crippen LogP contribution in [0, 0.1) is 25.5 Å². The van der Waals surface area contributed by atoms with Crippen LogP contribution in [0.15, 0.2) is 58.6 Å². The molecule has 3 aromatic rings. The van der Waals surface area contributed by atoms with Crippen LogP contribution in [-0.4, -0.2) is 21.5 Å². The number of aryl methyl sites for hydroxylation is 1. The van der Waals surface area contributed by atoms with E-state index in [-0.39, 0.29) is 16.4 Å². The van der Waals surface area contributed by atoms with E-state index in [2.05, 4.69) is 21.2 Å². The molecule has 0 unspecified atom stereocenters. The van der Waals surface area contributed by atoms with Crippen LogP contribution < -0.4 is 10.2 Å². The number of nitrogens with zero attached hydrogens (tertiary/aromatic N) is 2. The molecule has 2 aromatic carbocycles. The summed E-state index contributed by atoms with van der Waals surface area (Å²) in [6.07, 6.45) is 1.41. The van der Waals surface area contributed by atoms with Crippen molar-refractivity contribution in [3.8, 4) is 5.69 Å². The van der Waals surface area contributed by atoms with Gasteiger partial charge in [-0.25, -0.2) is 13.7 Å².